The first-order chi connectivity index (χ1) is 20.7. The van der Waals surface area contributed by atoms with Crippen molar-refractivity contribution in [3.8, 4) is 11.1 Å². The van der Waals surface area contributed by atoms with Gasteiger partial charge in [0.25, 0.3) is 0 Å². The molecule has 0 unspecified atom stereocenters. The second kappa shape index (κ2) is 11.8. The van der Waals surface area contributed by atoms with Gasteiger partial charge in [0, 0.05) is 19.2 Å². The second-order valence-corrected chi connectivity index (χ2v) is 11.2. The molecule has 0 saturated carbocycles. The van der Waals surface area contributed by atoms with Crippen LogP contribution in [0, 0.1) is 0 Å². The van der Waals surface area contributed by atoms with Gasteiger partial charge in [-0.05, 0) is 61.7 Å². The van der Waals surface area contributed by atoms with Crippen LogP contribution in [-0.2, 0) is 28.7 Å². The van der Waals surface area contributed by atoms with Gasteiger partial charge in [0.15, 0.2) is 0 Å². The highest BCUT2D eigenvalue weighted by Gasteiger charge is 2.42. The van der Waals surface area contributed by atoms with Crippen LogP contribution in [0.25, 0.3) is 11.1 Å². The molecule has 2 N–H and O–H groups in total. The zero-order chi connectivity index (χ0) is 33.7. The number of benzene rings is 2. The molecule has 0 bridgehead atoms. The van der Waals surface area contributed by atoms with Crippen molar-refractivity contribution < 1.29 is 54.5 Å². The van der Waals surface area contributed by atoms with E-state index >= 15 is 0 Å². The Kier molecular flexibility index (Phi) is 8.94. The van der Waals surface area contributed by atoms with Gasteiger partial charge in [0.05, 0.1) is 52.7 Å². The number of pyridine rings is 1. The molecule has 2 heterocycles. The average molecular weight is 650 g/mol. The summed E-state index contributed by atoms with van der Waals surface area (Å²) >= 11 is 0. The molecule has 2 atom stereocenters. The average Bonchev–Trinajstić information content (AvgIpc) is 3.34. The number of rotatable bonds is 6. The molecular weight excluding hydrogens is 621 g/mol. The first kappa shape index (κ1) is 34.0. The third-order valence-corrected chi connectivity index (χ3v) is 7.89. The van der Waals surface area contributed by atoms with Crippen molar-refractivity contribution in [2.24, 2.45) is 0 Å². The summed E-state index contributed by atoms with van der Waals surface area (Å²) in [5.74, 6) is -0.978. The number of hydrogen-bond donors (Lipinski definition) is 2. The topological polar surface area (TPSA) is 76.9 Å². The molecule has 0 spiro atoms. The number of amides is 1. The van der Waals surface area contributed by atoms with Gasteiger partial charge in [-0.25, -0.2) is 4.98 Å². The number of hydrogen-bond acceptors (Lipinski definition) is 5. The van der Waals surface area contributed by atoms with Crippen molar-refractivity contribution in [3.05, 3.63) is 77.0 Å². The third kappa shape index (κ3) is 6.73. The van der Waals surface area contributed by atoms with Gasteiger partial charge < -0.3 is 20.0 Å². The Balaban J connectivity index is 1.88. The van der Waals surface area contributed by atoms with E-state index in [0.29, 0.717) is 12.1 Å². The van der Waals surface area contributed by atoms with Crippen LogP contribution >= 0.6 is 0 Å². The van der Waals surface area contributed by atoms with Crippen LogP contribution in [0.5, 0.6) is 0 Å². The predicted octanol–water partition coefficient (Wildman–Crippen LogP) is 6.68. The van der Waals surface area contributed by atoms with E-state index in [2.05, 4.69) is 4.98 Å². The van der Waals surface area contributed by atoms with Gasteiger partial charge in [-0.3, -0.25) is 4.79 Å². The van der Waals surface area contributed by atoms with Gasteiger partial charge in [-0.1, -0.05) is 18.2 Å². The second-order valence-electron chi connectivity index (χ2n) is 11.2. The van der Waals surface area contributed by atoms with E-state index in [9.17, 15) is 54.5 Å². The molecule has 45 heavy (non-hydrogen) atoms. The maximum absolute atomic E-state index is 14.1. The molecule has 0 aliphatic carbocycles. The van der Waals surface area contributed by atoms with Crippen molar-refractivity contribution >= 4 is 17.4 Å². The predicted molar refractivity (Wildman–Crippen MR) is 146 cm³/mol. The number of aliphatic hydroxyl groups is 2. The summed E-state index contributed by atoms with van der Waals surface area (Å²) in [7, 11) is 1.12. The maximum Gasteiger partial charge on any atom is 0.417 e. The van der Waals surface area contributed by atoms with Crippen molar-refractivity contribution in [3.63, 3.8) is 0 Å². The molecule has 2 aromatic carbocycles. The molecule has 1 saturated heterocycles. The number of anilines is 2. The summed E-state index contributed by atoms with van der Waals surface area (Å²) in [6.45, 7) is 1.90. The molecule has 1 amide bonds. The lowest BCUT2D eigenvalue weighted by Crippen LogP contribution is -2.42. The first-order valence-electron chi connectivity index (χ1n) is 13.5. The molecule has 0 radical (unpaired) electrons. The third-order valence-electron chi connectivity index (χ3n) is 7.89. The Morgan fingerprint density at radius 2 is 1.44 bits per heavy atom. The van der Waals surface area contributed by atoms with Crippen LogP contribution in [0.4, 0.5) is 51.0 Å². The number of nitrogens with zero attached hydrogens (tertiary/aromatic N) is 3. The SMILES string of the molecule is CN(C(=O)C(C)(C)c1cc(C(F)(F)F)cc(C(F)(F)F)c1)c1cnc(N2CC[C@H](O)[C@H]2CO)cc1-c1ccccc1C(F)(F)F. The van der Waals surface area contributed by atoms with Crippen LogP contribution in [0.15, 0.2) is 54.7 Å². The Labute approximate surface area is 251 Å². The lowest BCUT2D eigenvalue weighted by Gasteiger charge is -2.33. The van der Waals surface area contributed by atoms with Crippen molar-refractivity contribution in [1.29, 1.82) is 0 Å². The fourth-order valence-corrected chi connectivity index (χ4v) is 5.35. The fraction of sp³-hybridized carbons (Fsp3) is 0.400. The zero-order valence-electron chi connectivity index (χ0n) is 24.0. The Hall–Kier alpha value is -3.85. The maximum atomic E-state index is 14.1. The molecule has 1 aliphatic heterocycles. The van der Waals surface area contributed by atoms with E-state index in [4.69, 9.17) is 0 Å². The number of aliphatic hydroxyl groups excluding tert-OH is 2. The van der Waals surface area contributed by atoms with Crippen molar-refractivity contribution in [2.75, 3.05) is 30.0 Å². The van der Waals surface area contributed by atoms with Crippen LogP contribution in [0.2, 0.25) is 0 Å². The normalized spacial score (nSPS) is 18.0. The fourth-order valence-electron chi connectivity index (χ4n) is 5.35. The lowest BCUT2D eigenvalue weighted by atomic mass is 9.81. The summed E-state index contributed by atoms with van der Waals surface area (Å²) in [6.07, 6.45) is -14.9. The number of carbonyl (C=O) groups is 1. The number of likely N-dealkylation sites (N-methyl/N-ethyl adjacent to an activating group) is 1. The lowest BCUT2D eigenvalue weighted by molar-refractivity contribution is -0.143. The van der Waals surface area contributed by atoms with Gasteiger partial charge in [0.2, 0.25) is 5.91 Å². The molecule has 1 fully saturated rings. The Morgan fingerprint density at radius 3 is 1.98 bits per heavy atom. The molecular formula is C30H28F9N3O3. The standard InChI is InChI=1S/C30H28F9N3O3/c1-27(2,16-10-17(28(31,32)33)12-18(11-16)29(34,35)36)26(45)41(3)22-14-40-25(42-9-8-24(44)23(42)15-43)13-20(22)19-6-4-5-7-21(19)30(37,38)39/h4-7,10-14,23-24,43-44H,8-9,15H2,1-3H3/t23-,24+/m1/s1. The van der Waals surface area contributed by atoms with Crippen LogP contribution in [-0.4, -0.2) is 53.4 Å². The van der Waals surface area contributed by atoms with Gasteiger partial charge in [-0.15, -0.1) is 0 Å². The Morgan fingerprint density at radius 1 is 0.889 bits per heavy atom. The van der Waals surface area contributed by atoms with E-state index < -0.39 is 70.9 Å². The van der Waals surface area contributed by atoms with E-state index in [1.54, 1.807) is 0 Å². The van der Waals surface area contributed by atoms with Crippen LogP contribution in [0.3, 0.4) is 0 Å². The minimum Gasteiger partial charge on any atom is -0.394 e. The van der Waals surface area contributed by atoms with Crippen molar-refractivity contribution in [1.82, 2.24) is 4.98 Å². The van der Waals surface area contributed by atoms with Gasteiger partial charge in [-0.2, -0.15) is 39.5 Å². The monoisotopic (exact) mass is 649 g/mol. The van der Waals surface area contributed by atoms with E-state index in [-0.39, 0.29) is 41.7 Å². The first-order valence-corrected chi connectivity index (χ1v) is 13.5. The molecule has 6 nitrogen and oxygen atoms in total. The molecule has 1 aromatic heterocycles. The Bertz CT molecular complexity index is 1540. The number of carbonyl (C=O) groups excluding carboxylic acids is 1. The van der Waals surface area contributed by atoms with E-state index in [1.165, 1.54) is 17.0 Å². The summed E-state index contributed by atoms with van der Waals surface area (Å²) < 4.78 is 124. The quantitative estimate of drug-likeness (QED) is 0.292. The number of halogens is 9. The van der Waals surface area contributed by atoms with Crippen molar-refractivity contribution in [2.45, 2.75) is 56.4 Å². The summed E-state index contributed by atoms with van der Waals surface area (Å²) in [4.78, 5) is 20.4. The number of alkyl halides is 9. The molecule has 4 rings (SSSR count). The van der Waals surface area contributed by atoms with Gasteiger partial charge >= 0.3 is 18.5 Å². The summed E-state index contributed by atoms with van der Waals surface area (Å²) in [5.41, 5.74) is -7.82. The summed E-state index contributed by atoms with van der Waals surface area (Å²) in [6, 6.07) is 5.60. The molecule has 3 aromatic rings. The highest BCUT2D eigenvalue weighted by atomic mass is 19.4. The summed E-state index contributed by atoms with van der Waals surface area (Å²) in [5, 5.41) is 20.0. The zero-order valence-corrected chi connectivity index (χ0v) is 24.0. The molecule has 244 valence electrons. The largest absolute Gasteiger partial charge is 0.417 e. The highest BCUT2D eigenvalue weighted by Crippen LogP contribution is 2.44. The van der Waals surface area contributed by atoms with Gasteiger partial charge in [0.1, 0.15) is 5.82 Å². The van der Waals surface area contributed by atoms with Crippen LogP contribution < -0.4 is 9.80 Å². The number of aromatic nitrogens is 1. The highest BCUT2D eigenvalue weighted by molar-refractivity contribution is 6.03. The minimum atomic E-state index is -5.18. The smallest absolute Gasteiger partial charge is 0.394 e. The van der Waals surface area contributed by atoms with E-state index in [0.717, 1.165) is 50.2 Å². The van der Waals surface area contributed by atoms with E-state index in [1.807, 2.05) is 0 Å². The minimum absolute atomic E-state index is 0.0640. The molecule has 15 heteroatoms. The molecule has 1 aliphatic rings. The van der Waals surface area contributed by atoms with Crippen LogP contribution in [0.1, 0.15) is 42.5 Å².